The minimum absolute atomic E-state index is 0.0900. The molecule has 3 amide bonds. The number of rotatable bonds is 7. The van der Waals surface area contributed by atoms with Gasteiger partial charge in [0.1, 0.15) is 0 Å². The number of aromatic nitrogens is 4. The Bertz CT molecular complexity index is 1580. The molecule has 1 atom stereocenters. The number of hydrogen-bond acceptors (Lipinski definition) is 8. The predicted octanol–water partition coefficient (Wildman–Crippen LogP) is 1.99. The molecular weight excluding hydrogens is 534 g/mol. The molecule has 1 unspecified atom stereocenters. The largest absolute Gasteiger partial charge is 0.368 e. The van der Waals surface area contributed by atoms with Crippen molar-refractivity contribution in [1.29, 1.82) is 0 Å². The number of carbonyl (C=O) groups excluding carboxylic acids is 3. The number of benzene rings is 2. The lowest BCUT2D eigenvalue weighted by Crippen LogP contribution is -2.51. The summed E-state index contributed by atoms with van der Waals surface area (Å²) < 4.78 is 0. The summed E-state index contributed by atoms with van der Waals surface area (Å²) in [7, 11) is 1.55. The number of nitrogens with zero attached hydrogens (tertiary/aromatic N) is 6. The molecule has 2 aromatic heterocycles. The number of H-pyrrole nitrogens is 1. The third-order valence-electron chi connectivity index (χ3n) is 7.96. The normalized spacial score (nSPS) is 17.4. The van der Waals surface area contributed by atoms with Crippen LogP contribution in [0.5, 0.6) is 0 Å². The number of piperazine rings is 1. The maximum Gasteiger partial charge on any atom is 0.272 e. The van der Waals surface area contributed by atoms with E-state index in [1.807, 2.05) is 17.0 Å². The molecule has 2 saturated heterocycles. The van der Waals surface area contributed by atoms with E-state index >= 15 is 0 Å². The molecule has 0 aliphatic carbocycles. The van der Waals surface area contributed by atoms with Gasteiger partial charge >= 0.3 is 0 Å². The van der Waals surface area contributed by atoms with Crippen LogP contribution in [0, 0.1) is 5.92 Å². The van der Waals surface area contributed by atoms with Crippen LogP contribution < -0.4 is 15.5 Å². The standard InChI is InChI=1S/C30H33N9O3/c1-31-30(42)27-24-17-22(5-8-25(24)35-36-27)34-29(41)21-9-12-37(18-21)19-26(40)39-15-13-38(14-16-39)23-6-3-20(4-7-23)28-32-10-2-11-33-28/h2-8,10-11,17,21H,9,12-16,18-19H2,1H3,(H,31,42)(H,34,41)(H,35,36). The number of anilines is 2. The number of nitrogens with one attached hydrogen (secondary N) is 3. The van der Waals surface area contributed by atoms with Gasteiger partial charge in [0.2, 0.25) is 11.8 Å². The second-order valence-electron chi connectivity index (χ2n) is 10.6. The summed E-state index contributed by atoms with van der Waals surface area (Å²) in [6.45, 7) is 4.39. The molecule has 2 aliphatic heterocycles. The fraction of sp³-hybridized carbons (Fsp3) is 0.333. The molecule has 2 fully saturated rings. The second kappa shape index (κ2) is 12.0. The van der Waals surface area contributed by atoms with Gasteiger partial charge in [-0.3, -0.25) is 24.4 Å². The van der Waals surface area contributed by atoms with E-state index in [0.29, 0.717) is 61.6 Å². The Labute approximate surface area is 243 Å². The summed E-state index contributed by atoms with van der Waals surface area (Å²) in [5, 5.41) is 13.1. The Morgan fingerprint density at radius 2 is 1.74 bits per heavy atom. The van der Waals surface area contributed by atoms with Gasteiger partial charge in [0.15, 0.2) is 11.5 Å². The van der Waals surface area contributed by atoms with E-state index in [0.717, 1.165) is 24.3 Å². The van der Waals surface area contributed by atoms with Crippen molar-refractivity contribution in [3.05, 3.63) is 66.6 Å². The van der Waals surface area contributed by atoms with Crippen molar-refractivity contribution in [1.82, 2.24) is 35.3 Å². The zero-order valence-electron chi connectivity index (χ0n) is 23.4. The molecule has 4 aromatic rings. The first-order chi connectivity index (χ1) is 20.5. The molecule has 2 aliphatic rings. The summed E-state index contributed by atoms with van der Waals surface area (Å²) in [5.41, 5.74) is 3.70. The van der Waals surface area contributed by atoms with E-state index in [1.165, 1.54) is 0 Å². The molecule has 42 heavy (non-hydrogen) atoms. The van der Waals surface area contributed by atoms with Crippen molar-refractivity contribution in [3.63, 3.8) is 0 Å². The molecule has 12 nitrogen and oxygen atoms in total. The molecule has 0 radical (unpaired) electrons. The van der Waals surface area contributed by atoms with Crippen molar-refractivity contribution in [2.75, 3.05) is 63.1 Å². The highest BCUT2D eigenvalue weighted by Crippen LogP contribution is 2.24. The number of hydrogen-bond donors (Lipinski definition) is 3. The lowest BCUT2D eigenvalue weighted by Gasteiger charge is -2.36. The van der Waals surface area contributed by atoms with E-state index in [-0.39, 0.29) is 29.3 Å². The SMILES string of the molecule is CNC(=O)c1n[nH]c2ccc(NC(=O)C3CCN(CC(=O)N4CCN(c5ccc(-c6ncccn6)cc5)CC4)C3)cc12. The van der Waals surface area contributed by atoms with E-state index in [9.17, 15) is 14.4 Å². The van der Waals surface area contributed by atoms with Gasteiger partial charge in [-0.05, 0) is 61.5 Å². The van der Waals surface area contributed by atoms with Crippen LogP contribution in [-0.2, 0) is 9.59 Å². The van der Waals surface area contributed by atoms with Gasteiger partial charge in [0, 0.05) is 74.5 Å². The molecule has 12 heteroatoms. The lowest BCUT2D eigenvalue weighted by molar-refractivity contribution is -0.132. The Morgan fingerprint density at radius 3 is 2.48 bits per heavy atom. The molecular formula is C30H33N9O3. The smallest absolute Gasteiger partial charge is 0.272 e. The number of aromatic amines is 1. The van der Waals surface area contributed by atoms with Crippen molar-refractivity contribution < 1.29 is 14.4 Å². The summed E-state index contributed by atoms with van der Waals surface area (Å²) >= 11 is 0. The van der Waals surface area contributed by atoms with E-state index in [2.05, 4.69) is 52.7 Å². The average Bonchev–Trinajstić information content (AvgIpc) is 3.68. The number of fused-ring (bicyclic) bond motifs is 1. The first-order valence-corrected chi connectivity index (χ1v) is 14.1. The lowest BCUT2D eigenvalue weighted by atomic mass is 10.1. The Hall–Kier alpha value is -4.84. The summed E-state index contributed by atoms with van der Waals surface area (Å²) in [6, 6.07) is 15.3. The summed E-state index contributed by atoms with van der Waals surface area (Å²) in [4.78, 5) is 53.1. The number of likely N-dealkylation sites (tertiary alicyclic amines) is 1. The number of carbonyl (C=O) groups is 3. The fourth-order valence-electron chi connectivity index (χ4n) is 5.59. The molecule has 0 bridgehead atoms. The van der Waals surface area contributed by atoms with Crippen LogP contribution in [0.25, 0.3) is 22.3 Å². The van der Waals surface area contributed by atoms with Gasteiger partial charge < -0.3 is 20.4 Å². The van der Waals surface area contributed by atoms with Gasteiger partial charge in [-0.2, -0.15) is 5.10 Å². The van der Waals surface area contributed by atoms with Crippen LogP contribution in [0.1, 0.15) is 16.9 Å². The molecule has 216 valence electrons. The maximum absolute atomic E-state index is 13.1. The van der Waals surface area contributed by atoms with Crippen LogP contribution >= 0.6 is 0 Å². The maximum atomic E-state index is 13.1. The summed E-state index contributed by atoms with van der Waals surface area (Å²) in [6.07, 6.45) is 4.16. The van der Waals surface area contributed by atoms with Gasteiger partial charge in [0.25, 0.3) is 5.91 Å². The highest BCUT2D eigenvalue weighted by atomic mass is 16.2. The molecule has 6 rings (SSSR count). The zero-order chi connectivity index (χ0) is 29.1. The van der Waals surface area contributed by atoms with Gasteiger partial charge in [0.05, 0.1) is 18.0 Å². The van der Waals surface area contributed by atoms with E-state index < -0.39 is 0 Å². The Morgan fingerprint density at radius 1 is 0.976 bits per heavy atom. The highest BCUT2D eigenvalue weighted by Gasteiger charge is 2.31. The van der Waals surface area contributed by atoms with Crippen molar-refractivity contribution >= 4 is 40.0 Å². The van der Waals surface area contributed by atoms with Crippen LogP contribution in [-0.4, -0.2) is 101 Å². The zero-order valence-corrected chi connectivity index (χ0v) is 23.4. The van der Waals surface area contributed by atoms with Crippen molar-refractivity contribution in [2.24, 2.45) is 5.92 Å². The third kappa shape index (κ3) is 5.79. The Kier molecular flexibility index (Phi) is 7.78. The first kappa shape index (κ1) is 27.3. The highest BCUT2D eigenvalue weighted by molar-refractivity contribution is 6.06. The minimum Gasteiger partial charge on any atom is -0.368 e. The Balaban J connectivity index is 0.976. The first-order valence-electron chi connectivity index (χ1n) is 14.1. The molecule has 0 saturated carbocycles. The van der Waals surface area contributed by atoms with Crippen molar-refractivity contribution in [3.8, 4) is 11.4 Å². The molecule has 4 heterocycles. The van der Waals surface area contributed by atoms with Crippen LogP contribution in [0.15, 0.2) is 60.9 Å². The molecule has 2 aromatic carbocycles. The predicted molar refractivity (Wildman–Crippen MR) is 159 cm³/mol. The van der Waals surface area contributed by atoms with Crippen LogP contribution in [0.4, 0.5) is 11.4 Å². The minimum atomic E-state index is -0.296. The monoisotopic (exact) mass is 567 g/mol. The van der Waals surface area contributed by atoms with Crippen LogP contribution in [0.3, 0.4) is 0 Å². The van der Waals surface area contributed by atoms with Gasteiger partial charge in [-0.25, -0.2) is 9.97 Å². The van der Waals surface area contributed by atoms with E-state index in [1.54, 1.807) is 43.7 Å². The molecule has 3 N–H and O–H groups in total. The topological polar surface area (TPSA) is 139 Å². The summed E-state index contributed by atoms with van der Waals surface area (Å²) in [5.74, 6) is 0.202. The average molecular weight is 568 g/mol. The van der Waals surface area contributed by atoms with Crippen molar-refractivity contribution in [2.45, 2.75) is 6.42 Å². The van der Waals surface area contributed by atoms with Gasteiger partial charge in [-0.15, -0.1) is 0 Å². The van der Waals surface area contributed by atoms with E-state index in [4.69, 9.17) is 0 Å². The van der Waals surface area contributed by atoms with Crippen LogP contribution in [0.2, 0.25) is 0 Å². The number of amides is 3. The third-order valence-corrected chi connectivity index (χ3v) is 7.96. The van der Waals surface area contributed by atoms with Gasteiger partial charge in [-0.1, -0.05) is 0 Å². The fourth-order valence-corrected chi connectivity index (χ4v) is 5.59. The molecule has 0 spiro atoms. The second-order valence-corrected chi connectivity index (χ2v) is 10.6. The quantitative estimate of drug-likeness (QED) is 0.308.